The van der Waals surface area contributed by atoms with Crippen molar-refractivity contribution in [3.05, 3.63) is 34.5 Å². The standard InChI is InChI=1S/C14H20N2/c1-9-7-10(2)14-12(8-9)11(3)13(5-6-15)16(14)4/h7-8H,5-6,15H2,1-4H3. The van der Waals surface area contributed by atoms with Crippen LogP contribution in [0.1, 0.15) is 22.4 Å². The van der Waals surface area contributed by atoms with Crippen molar-refractivity contribution in [1.29, 1.82) is 0 Å². The van der Waals surface area contributed by atoms with Crippen molar-refractivity contribution in [2.24, 2.45) is 12.8 Å². The number of nitrogens with two attached hydrogens (primary N) is 1. The molecule has 1 aromatic heterocycles. The van der Waals surface area contributed by atoms with Crippen LogP contribution >= 0.6 is 0 Å². The van der Waals surface area contributed by atoms with Crippen molar-refractivity contribution < 1.29 is 0 Å². The summed E-state index contributed by atoms with van der Waals surface area (Å²) in [7, 11) is 2.14. The number of rotatable bonds is 2. The van der Waals surface area contributed by atoms with Gasteiger partial charge in [0.1, 0.15) is 0 Å². The van der Waals surface area contributed by atoms with E-state index < -0.39 is 0 Å². The Bertz CT molecular complexity index is 535. The van der Waals surface area contributed by atoms with Crippen LogP contribution in [-0.4, -0.2) is 11.1 Å². The summed E-state index contributed by atoms with van der Waals surface area (Å²) in [6.45, 7) is 7.25. The van der Waals surface area contributed by atoms with Gasteiger partial charge in [-0.1, -0.05) is 11.6 Å². The molecule has 0 aliphatic rings. The number of aryl methyl sites for hydroxylation is 4. The van der Waals surface area contributed by atoms with Gasteiger partial charge in [0.2, 0.25) is 0 Å². The lowest BCUT2D eigenvalue weighted by atomic mass is 10.1. The second kappa shape index (κ2) is 3.95. The first-order valence-corrected chi connectivity index (χ1v) is 5.81. The molecule has 1 aromatic carbocycles. The zero-order valence-corrected chi connectivity index (χ0v) is 10.6. The first-order valence-electron chi connectivity index (χ1n) is 5.81. The predicted molar refractivity (Wildman–Crippen MR) is 69.9 cm³/mol. The van der Waals surface area contributed by atoms with Crippen LogP contribution in [0, 0.1) is 20.8 Å². The zero-order chi connectivity index (χ0) is 11.9. The smallest absolute Gasteiger partial charge is 0.0512 e. The average Bonchev–Trinajstić information content (AvgIpc) is 2.43. The summed E-state index contributed by atoms with van der Waals surface area (Å²) in [5, 5.41) is 1.38. The lowest BCUT2D eigenvalue weighted by Crippen LogP contribution is -2.07. The number of nitrogens with zero attached hydrogens (tertiary/aromatic N) is 1. The summed E-state index contributed by atoms with van der Waals surface area (Å²) < 4.78 is 2.30. The van der Waals surface area contributed by atoms with E-state index in [0.717, 1.165) is 6.42 Å². The van der Waals surface area contributed by atoms with Gasteiger partial charge in [0, 0.05) is 24.5 Å². The largest absolute Gasteiger partial charge is 0.347 e. The van der Waals surface area contributed by atoms with E-state index in [1.54, 1.807) is 0 Å². The topological polar surface area (TPSA) is 30.9 Å². The molecule has 2 N–H and O–H groups in total. The first kappa shape index (κ1) is 11.2. The lowest BCUT2D eigenvalue weighted by Gasteiger charge is -2.05. The van der Waals surface area contributed by atoms with E-state index in [0.29, 0.717) is 6.54 Å². The van der Waals surface area contributed by atoms with Gasteiger partial charge in [-0.05, 0) is 44.5 Å². The van der Waals surface area contributed by atoms with E-state index in [9.17, 15) is 0 Å². The Labute approximate surface area is 97.1 Å². The highest BCUT2D eigenvalue weighted by Gasteiger charge is 2.12. The van der Waals surface area contributed by atoms with Gasteiger partial charge in [-0.25, -0.2) is 0 Å². The monoisotopic (exact) mass is 216 g/mol. The minimum atomic E-state index is 0.711. The fourth-order valence-corrected chi connectivity index (χ4v) is 2.72. The third-order valence-electron chi connectivity index (χ3n) is 3.40. The van der Waals surface area contributed by atoms with Gasteiger partial charge < -0.3 is 10.3 Å². The lowest BCUT2D eigenvalue weighted by molar-refractivity contribution is 0.818. The van der Waals surface area contributed by atoms with E-state index in [1.807, 2.05) is 0 Å². The van der Waals surface area contributed by atoms with E-state index in [2.05, 4.69) is 44.5 Å². The highest BCUT2D eigenvalue weighted by atomic mass is 15.0. The third-order valence-corrected chi connectivity index (χ3v) is 3.40. The minimum absolute atomic E-state index is 0.711. The molecule has 0 radical (unpaired) electrons. The minimum Gasteiger partial charge on any atom is -0.347 e. The molecule has 0 saturated carbocycles. The van der Waals surface area contributed by atoms with Crippen molar-refractivity contribution in [2.45, 2.75) is 27.2 Å². The van der Waals surface area contributed by atoms with Crippen LogP contribution in [0.5, 0.6) is 0 Å². The van der Waals surface area contributed by atoms with Gasteiger partial charge >= 0.3 is 0 Å². The van der Waals surface area contributed by atoms with Crippen LogP contribution in [-0.2, 0) is 13.5 Å². The molecular formula is C14H20N2. The Kier molecular flexibility index (Phi) is 2.76. The number of hydrogen-bond donors (Lipinski definition) is 1. The number of benzene rings is 1. The molecule has 0 amide bonds. The predicted octanol–water partition coefficient (Wildman–Crippen LogP) is 2.60. The Morgan fingerprint density at radius 1 is 1.19 bits per heavy atom. The van der Waals surface area contributed by atoms with Crippen LogP contribution in [0.15, 0.2) is 12.1 Å². The summed E-state index contributed by atoms with van der Waals surface area (Å²) in [6.07, 6.45) is 0.954. The van der Waals surface area contributed by atoms with Crippen molar-refractivity contribution >= 4 is 10.9 Å². The highest BCUT2D eigenvalue weighted by molar-refractivity contribution is 5.88. The van der Waals surface area contributed by atoms with Gasteiger partial charge in [-0.3, -0.25) is 0 Å². The van der Waals surface area contributed by atoms with Crippen molar-refractivity contribution in [1.82, 2.24) is 4.57 Å². The molecule has 2 aromatic rings. The van der Waals surface area contributed by atoms with Crippen LogP contribution < -0.4 is 5.73 Å². The van der Waals surface area contributed by atoms with E-state index in [-0.39, 0.29) is 0 Å². The molecule has 1 heterocycles. The maximum Gasteiger partial charge on any atom is 0.0512 e. The normalized spacial score (nSPS) is 11.3. The summed E-state index contributed by atoms with van der Waals surface area (Å²) in [6, 6.07) is 4.52. The Balaban J connectivity index is 2.82. The van der Waals surface area contributed by atoms with E-state index in [1.165, 1.54) is 33.3 Å². The average molecular weight is 216 g/mol. The SMILES string of the molecule is Cc1cc(C)c2c(c1)c(C)c(CCN)n2C. The van der Waals surface area contributed by atoms with E-state index >= 15 is 0 Å². The second-order valence-corrected chi connectivity index (χ2v) is 4.65. The van der Waals surface area contributed by atoms with E-state index in [4.69, 9.17) is 5.73 Å². The summed E-state index contributed by atoms with van der Waals surface area (Å²) >= 11 is 0. The molecule has 0 fully saturated rings. The molecule has 0 aliphatic carbocycles. The number of hydrogen-bond acceptors (Lipinski definition) is 1. The maximum absolute atomic E-state index is 5.67. The van der Waals surface area contributed by atoms with Gasteiger partial charge in [-0.2, -0.15) is 0 Å². The number of aromatic nitrogens is 1. The van der Waals surface area contributed by atoms with Gasteiger partial charge in [-0.15, -0.1) is 0 Å². The second-order valence-electron chi connectivity index (χ2n) is 4.65. The first-order chi connectivity index (χ1) is 7.56. The van der Waals surface area contributed by atoms with Crippen LogP contribution in [0.2, 0.25) is 0 Å². The van der Waals surface area contributed by atoms with Crippen LogP contribution in [0.3, 0.4) is 0 Å². The van der Waals surface area contributed by atoms with Crippen molar-refractivity contribution in [2.75, 3.05) is 6.54 Å². The fourth-order valence-electron chi connectivity index (χ4n) is 2.72. The Morgan fingerprint density at radius 2 is 1.88 bits per heavy atom. The molecule has 2 rings (SSSR count). The molecule has 0 bridgehead atoms. The van der Waals surface area contributed by atoms with Crippen molar-refractivity contribution in [3.8, 4) is 0 Å². The molecule has 0 unspecified atom stereocenters. The molecule has 86 valence electrons. The molecule has 2 heteroatoms. The molecular weight excluding hydrogens is 196 g/mol. The molecule has 0 aliphatic heterocycles. The van der Waals surface area contributed by atoms with Crippen molar-refractivity contribution in [3.63, 3.8) is 0 Å². The highest BCUT2D eigenvalue weighted by Crippen LogP contribution is 2.28. The zero-order valence-electron chi connectivity index (χ0n) is 10.6. The van der Waals surface area contributed by atoms with Gasteiger partial charge in [0.25, 0.3) is 0 Å². The summed E-state index contributed by atoms with van der Waals surface area (Å²) in [4.78, 5) is 0. The Hall–Kier alpha value is -1.28. The Morgan fingerprint density at radius 3 is 2.50 bits per heavy atom. The van der Waals surface area contributed by atoms with Crippen LogP contribution in [0.4, 0.5) is 0 Å². The van der Waals surface area contributed by atoms with Gasteiger partial charge in [0.15, 0.2) is 0 Å². The summed E-state index contributed by atoms with van der Waals surface area (Å²) in [5.41, 5.74) is 12.5. The van der Waals surface area contributed by atoms with Gasteiger partial charge in [0.05, 0.1) is 5.52 Å². The molecule has 0 saturated heterocycles. The number of fused-ring (bicyclic) bond motifs is 1. The third kappa shape index (κ3) is 1.54. The van der Waals surface area contributed by atoms with Crippen LogP contribution in [0.25, 0.3) is 10.9 Å². The molecule has 0 spiro atoms. The fraction of sp³-hybridized carbons (Fsp3) is 0.429. The maximum atomic E-state index is 5.67. The summed E-state index contributed by atoms with van der Waals surface area (Å²) in [5.74, 6) is 0. The molecule has 0 atom stereocenters. The quantitative estimate of drug-likeness (QED) is 0.822. The molecule has 16 heavy (non-hydrogen) atoms. The molecule has 2 nitrogen and oxygen atoms in total.